The Kier molecular flexibility index (Phi) is 6.37. The highest BCUT2D eigenvalue weighted by atomic mass is 32.2. The van der Waals surface area contributed by atoms with Gasteiger partial charge in [0.05, 0.1) is 11.4 Å². The van der Waals surface area contributed by atoms with Gasteiger partial charge in [-0.05, 0) is 48.1 Å². The zero-order valence-corrected chi connectivity index (χ0v) is 18.1. The maximum atomic E-state index is 12.8. The van der Waals surface area contributed by atoms with Crippen molar-refractivity contribution in [2.45, 2.75) is 19.3 Å². The van der Waals surface area contributed by atoms with Crippen LogP contribution in [0.1, 0.15) is 27.0 Å². The molecule has 4 rings (SSSR count). The lowest BCUT2D eigenvalue weighted by Gasteiger charge is -2.19. The molecule has 1 amide bonds. The van der Waals surface area contributed by atoms with Gasteiger partial charge in [0.15, 0.2) is 0 Å². The zero-order chi connectivity index (χ0) is 21.7. The van der Waals surface area contributed by atoms with E-state index in [1.54, 1.807) is 6.07 Å². The summed E-state index contributed by atoms with van der Waals surface area (Å²) < 4.78 is 27.1. The number of sulfonamides is 1. The average molecular weight is 435 g/mol. The molecule has 0 unspecified atom stereocenters. The van der Waals surface area contributed by atoms with Crippen LogP contribution >= 0.6 is 0 Å². The van der Waals surface area contributed by atoms with E-state index in [0.29, 0.717) is 12.1 Å². The number of rotatable bonds is 8. The van der Waals surface area contributed by atoms with Crippen LogP contribution in [-0.4, -0.2) is 33.2 Å². The number of benzene rings is 3. The normalized spacial score (nSPS) is 13.1. The number of aryl methyl sites for hydroxylation is 2. The van der Waals surface area contributed by atoms with Gasteiger partial charge in [0.2, 0.25) is 10.0 Å². The Morgan fingerprint density at radius 1 is 0.871 bits per heavy atom. The second-order valence-corrected chi connectivity index (χ2v) is 9.68. The topological polar surface area (TPSA) is 66.5 Å². The van der Waals surface area contributed by atoms with E-state index in [1.807, 2.05) is 60.7 Å². The number of anilines is 1. The molecule has 1 heterocycles. The standard InChI is InChI=1S/C25H26N2O3S/c28-25(23-12-6-4-10-21(23)15-14-20-8-2-1-3-9-20)26-17-19-31(29,30)27-18-16-22-11-5-7-13-24(22)27/h1-13H,14-19H2,(H,26,28). The molecule has 0 atom stereocenters. The second-order valence-electron chi connectivity index (χ2n) is 7.67. The van der Waals surface area contributed by atoms with E-state index in [9.17, 15) is 13.2 Å². The lowest BCUT2D eigenvalue weighted by Crippen LogP contribution is -2.37. The molecule has 3 aromatic carbocycles. The van der Waals surface area contributed by atoms with Crippen LogP contribution in [-0.2, 0) is 29.3 Å². The first-order chi connectivity index (χ1) is 15.0. The van der Waals surface area contributed by atoms with Gasteiger partial charge >= 0.3 is 0 Å². The van der Waals surface area contributed by atoms with E-state index in [4.69, 9.17) is 0 Å². The van der Waals surface area contributed by atoms with E-state index in [0.717, 1.165) is 36.1 Å². The van der Waals surface area contributed by atoms with Crippen LogP contribution < -0.4 is 9.62 Å². The number of fused-ring (bicyclic) bond motifs is 1. The van der Waals surface area contributed by atoms with Gasteiger partial charge in [0, 0.05) is 18.7 Å². The van der Waals surface area contributed by atoms with Crippen LogP contribution in [0.4, 0.5) is 5.69 Å². The first-order valence-electron chi connectivity index (χ1n) is 10.5. The quantitative estimate of drug-likeness (QED) is 0.589. The molecule has 0 aromatic heterocycles. The fourth-order valence-corrected chi connectivity index (χ4v) is 5.41. The summed E-state index contributed by atoms with van der Waals surface area (Å²) in [5, 5.41) is 2.80. The SMILES string of the molecule is O=C(NCCS(=O)(=O)N1CCc2ccccc21)c1ccccc1CCc1ccccc1. The molecule has 3 aromatic rings. The van der Waals surface area contributed by atoms with E-state index in [-0.39, 0.29) is 18.2 Å². The van der Waals surface area contributed by atoms with Crippen LogP contribution in [0, 0.1) is 0 Å². The van der Waals surface area contributed by atoms with Crippen molar-refractivity contribution in [3.8, 4) is 0 Å². The van der Waals surface area contributed by atoms with E-state index >= 15 is 0 Å². The first kappa shape index (κ1) is 21.1. The van der Waals surface area contributed by atoms with Gasteiger partial charge in [-0.1, -0.05) is 66.7 Å². The molecule has 1 aliphatic rings. The van der Waals surface area contributed by atoms with Gasteiger partial charge < -0.3 is 5.32 Å². The van der Waals surface area contributed by atoms with Crippen LogP contribution in [0.5, 0.6) is 0 Å². The molecule has 0 fully saturated rings. The highest BCUT2D eigenvalue weighted by Crippen LogP contribution is 2.29. The van der Waals surface area contributed by atoms with Gasteiger partial charge in [0.1, 0.15) is 0 Å². The lowest BCUT2D eigenvalue weighted by atomic mass is 9.99. The summed E-state index contributed by atoms with van der Waals surface area (Å²) in [5.74, 6) is -0.361. The summed E-state index contributed by atoms with van der Waals surface area (Å²) in [6.45, 7) is 0.533. The number of hydrogen-bond acceptors (Lipinski definition) is 3. The van der Waals surface area contributed by atoms with Gasteiger partial charge in [-0.25, -0.2) is 8.42 Å². The largest absolute Gasteiger partial charge is 0.351 e. The molecule has 0 saturated carbocycles. The number of carbonyl (C=O) groups excluding carboxylic acids is 1. The molecule has 0 radical (unpaired) electrons. The van der Waals surface area contributed by atoms with Crippen molar-refractivity contribution >= 4 is 21.6 Å². The third kappa shape index (κ3) is 4.97. The highest BCUT2D eigenvalue weighted by Gasteiger charge is 2.28. The molecule has 1 aliphatic heterocycles. The van der Waals surface area contributed by atoms with Crippen molar-refractivity contribution in [3.05, 3.63) is 101 Å². The monoisotopic (exact) mass is 434 g/mol. The predicted molar refractivity (Wildman–Crippen MR) is 124 cm³/mol. The van der Waals surface area contributed by atoms with Crippen LogP contribution in [0.25, 0.3) is 0 Å². The maximum absolute atomic E-state index is 12.8. The number of hydrogen-bond donors (Lipinski definition) is 1. The number of nitrogens with zero attached hydrogens (tertiary/aromatic N) is 1. The van der Waals surface area contributed by atoms with E-state index < -0.39 is 10.0 Å². The van der Waals surface area contributed by atoms with Crippen molar-refractivity contribution < 1.29 is 13.2 Å². The minimum atomic E-state index is -3.49. The highest BCUT2D eigenvalue weighted by molar-refractivity contribution is 7.92. The molecule has 0 bridgehead atoms. The Morgan fingerprint density at radius 2 is 1.58 bits per heavy atom. The molecule has 0 aliphatic carbocycles. The van der Waals surface area contributed by atoms with Crippen LogP contribution in [0.2, 0.25) is 0 Å². The number of carbonyl (C=O) groups is 1. The molecule has 5 nitrogen and oxygen atoms in total. The Bertz CT molecular complexity index is 1160. The third-order valence-corrected chi connectivity index (χ3v) is 7.38. The predicted octanol–water partition coefficient (Wildman–Crippen LogP) is 3.59. The molecule has 0 saturated heterocycles. The van der Waals surface area contributed by atoms with Crippen LogP contribution in [0.3, 0.4) is 0 Å². The average Bonchev–Trinajstić information content (AvgIpc) is 3.24. The smallest absolute Gasteiger partial charge is 0.251 e. The summed E-state index contributed by atoms with van der Waals surface area (Å²) in [6.07, 6.45) is 2.31. The number of para-hydroxylation sites is 1. The Hall–Kier alpha value is -3.12. The van der Waals surface area contributed by atoms with Crippen molar-refractivity contribution in [1.82, 2.24) is 5.32 Å². The summed E-state index contributed by atoms with van der Waals surface area (Å²) >= 11 is 0. The lowest BCUT2D eigenvalue weighted by molar-refractivity contribution is 0.0955. The Balaban J connectivity index is 1.36. The van der Waals surface area contributed by atoms with Crippen molar-refractivity contribution in [2.24, 2.45) is 0 Å². The number of amides is 1. The zero-order valence-electron chi connectivity index (χ0n) is 17.3. The van der Waals surface area contributed by atoms with Crippen molar-refractivity contribution in [3.63, 3.8) is 0 Å². The minimum Gasteiger partial charge on any atom is -0.351 e. The van der Waals surface area contributed by atoms with Gasteiger partial charge in [-0.3, -0.25) is 9.10 Å². The second kappa shape index (κ2) is 9.35. The molecular formula is C25H26N2O3S. The Labute approximate surface area is 183 Å². The van der Waals surface area contributed by atoms with Crippen LogP contribution in [0.15, 0.2) is 78.9 Å². The summed E-state index contributed by atoms with van der Waals surface area (Å²) in [5.41, 5.74) is 4.57. The molecule has 160 valence electrons. The first-order valence-corrected chi connectivity index (χ1v) is 12.1. The minimum absolute atomic E-state index is 0.0762. The Morgan fingerprint density at radius 3 is 2.42 bits per heavy atom. The van der Waals surface area contributed by atoms with Gasteiger partial charge in [-0.2, -0.15) is 0 Å². The van der Waals surface area contributed by atoms with Crippen molar-refractivity contribution in [2.75, 3.05) is 23.1 Å². The third-order valence-electron chi connectivity index (χ3n) is 5.61. The van der Waals surface area contributed by atoms with E-state index in [1.165, 1.54) is 9.87 Å². The van der Waals surface area contributed by atoms with Gasteiger partial charge in [0.25, 0.3) is 5.91 Å². The molecule has 31 heavy (non-hydrogen) atoms. The van der Waals surface area contributed by atoms with E-state index in [2.05, 4.69) is 17.4 Å². The molecule has 0 spiro atoms. The summed E-state index contributed by atoms with van der Waals surface area (Å²) in [4.78, 5) is 12.8. The molecular weight excluding hydrogens is 408 g/mol. The van der Waals surface area contributed by atoms with Gasteiger partial charge in [-0.15, -0.1) is 0 Å². The fraction of sp³-hybridized carbons (Fsp3) is 0.240. The number of nitrogens with one attached hydrogen (secondary N) is 1. The molecule has 1 N–H and O–H groups in total. The maximum Gasteiger partial charge on any atom is 0.251 e. The summed E-state index contributed by atoms with van der Waals surface area (Å²) in [6, 6.07) is 25.2. The van der Waals surface area contributed by atoms with Crippen molar-refractivity contribution in [1.29, 1.82) is 0 Å². The fourth-order valence-electron chi connectivity index (χ4n) is 3.98. The summed E-state index contributed by atoms with van der Waals surface area (Å²) in [7, 11) is -3.49. The molecule has 6 heteroatoms.